The Morgan fingerprint density at radius 3 is 1.53 bits per heavy atom. The number of rotatable bonds is 7. The van der Waals surface area contributed by atoms with Crippen molar-refractivity contribution in [3.05, 3.63) is 94.5 Å². The van der Waals surface area contributed by atoms with Crippen molar-refractivity contribution < 1.29 is 19.1 Å². The van der Waals surface area contributed by atoms with Gasteiger partial charge in [-0.15, -0.1) is 0 Å². The molecule has 0 radical (unpaired) electrons. The molecule has 0 heterocycles. The first kappa shape index (κ1) is 21.3. The van der Waals surface area contributed by atoms with Crippen LogP contribution in [0.25, 0.3) is 0 Å². The Balaban J connectivity index is 2.09. The first-order valence-corrected chi connectivity index (χ1v) is 10.3. The van der Waals surface area contributed by atoms with Gasteiger partial charge in [0.15, 0.2) is 11.5 Å². The minimum atomic E-state index is -0.478. The van der Waals surface area contributed by atoms with Crippen LogP contribution in [0.2, 0.25) is 0 Å². The van der Waals surface area contributed by atoms with Gasteiger partial charge in [0.1, 0.15) is 0 Å². The standard InChI is InChI=1S/C26H26O4/c1-4-18-17-19(5-2)23(29-25(27)20-13-9-7-10-14-20)24(22(18)6-3)30-26(28)21-15-11-8-12-16-21/h7-17H,4-6H2,1-3H3. The monoisotopic (exact) mass is 402 g/mol. The molecule has 0 spiro atoms. The summed E-state index contributed by atoms with van der Waals surface area (Å²) in [6, 6.07) is 19.7. The molecule has 0 bridgehead atoms. The number of ether oxygens (including phenoxy) is 2. The summed E-state index contributed by atoms with van der Waals surface area (Å²) in [7, 11) is 0. The number of carbonyl (C=O) groups is 2. The lowest BCUT2D eigenvalue weighted by atomic mass is 9.96. The molecule has 0 aromatic heterocycles. The minimum absolute atomic E-state index is 0.324. The van der Waals surface area contributed by atoms with Gasteiger partial charge in [0, 0.05) is 5.56 Å². The van der Waals surface area contributed by atoms with E-state index in [2.05, 4.69) is 6.92 Å². The molecular weight excluding hydrogens is 376 g/mol. The van der Waals surface area contributed by atoms with Crippen LogP contribution in [0.3, 0.4) is 0 Å². The normalized spacial score (nSPS) is 10.5. The molecule has 0 saturated carbocycles. The molecule has 0 atom stereocenters. The maximum absolute atomic E-state index is 12.8. The van der Waals surface area contributed by atoms with Crippen LogP contribution >= 0.6 is 0 Å². The lowest BCUT2D eigenvalue weighted by molar-refractivity contribution is 0.0679. The van der Waals surface area contributed by atoms with Crippen molar-refractivity contribution in [2.75, 3.05) is 0 Å². The third-order valence-corrected chi connectivity index (χ3v) is 5.03. The van der Waals surface area contributed by atoms with Crippen molar-refractivity contribution in [1.82, 2.24) is 0 Å². The summed E-state index contributed by atoms with van der Waals surface area (Å²) in [5.74, 6) is -0.289. The number of hydrogen-bond acceptors (Lipinski definition) is 4. The van der Waals surface area contributed by atoms with E-state index in [1.165, 1.54) is 0 Å². The number of aryl methyl sites for hydroxylation is 2. The van der Waals surface area contributed by atoms with Gasteiger partial charge in [-0.25, -0.2) is 9.59 Å². The number of hydrogen-bond donors (Lipinski definition) is 0. The van der Waals surface area contributed by atoms with E-state index in [-0.39, 0.29) is 0 Å². The van der Waals surface area contributed by atoms with Gasteiger partial charge >= 0.3 is 11.9 Å². The van der Waals surface area contributed by atoms with Crippen LogP contribution in [0, 0.1) is 0 Å². The third kappa shape index (κ3) is 4.60. The van der Waals surface area contributed by atoms with Crippen molar-refractivity contribution in [2.24, 2.45) is 0 Å². The van der Waals surface area contributed by atoms with E-state index >= 15 is 0 Å². The highest BCUT2D eigenvalue weighted by molar-refractivity contribution is 5.93. The lowest BCUT2D eigenvalue weighted by Crippen LogP contribution is -2.16. The zero-order valence-corrected chi connectivity index (χ0v) is 17.6. The minimum Gasteiger partial charge on any atom is -0.419 e. The van der Waals surface area contributed by atoms with Crippen molar-refractivity contribution in [2.45, 2.75) is 40.0 Å². The van der Waals surface area contributed by atoms with E-state index in [0.29, 0.717) is 35.5 Å². The van der Waals surface area contributed by atoms with Gasteiger partial charge in [-0.2, -0.15) is 0 Å². The van der Waals surface area contributed by atoms with E-state index in [4.69, 9.17) is 9.47 Å². The summed E-state index contributed by atoms with van der Waals surface area (Å²) in [4.78, 5) is 25.6. The number of benzene rings is 3. The Labute approximate surface area is 177 Å². The molecule has 3 rings (SSSR count). The highest BCUT2D eigenvalue weighted by Gasteiger charge is 2.24. The van der Waals surface area contributed by atoms with Gasteiger partial charge in [-0.1, -0.05) is 63.2 Å². The summed E-state index contributed by atoms with van der Waals surface area (Å²) < 4.78 is 11.7. The maximum Gasteiger partial charge on any atom is 0.343 e. The van der Waals surface area contributed by atoms with Crippen LogP contribution in [-0.4, -0.2) is 11.9 Å². The van der Waals surface area contributed by atoms with Crippen molar-refractivity contribution in [3.8, 4) is 11.5 Å². The van der Waals surface area contributed by atoms with Crippen molar-refractivity contribution >= 4 is 11.9 Å². The van der Waals surface area contributed by atoms with Gasteiger partial charge < -0.3 is 9.47 Å². The largest absolute Gasteiger partial charge is 0.419 e. The van der Waals surface area contributed by atoms with E-state index in [9.17, 15) is 9.59 Å². The first-order chi connectivity index (χ1) is 14.6. The molecule has 0 aliphatic rings. The summed E-state index contributed by atoms with van der Waals surface area (Å²) >= 11 is 0. The van der Waals surface area contributed by atoms with Gasteiger partial charge in [-0.3, -0.25) is 0 Å². The Hall–Kier alpha value is -3.40. The maximum atomic E-state index is 12.8. The molecule has 0 N–H and O–H groups in total. The molecule has 3 aromatic carbocycles. The Morgan fingerprint density at radius 1 is 0.633 bits per heavy atom. The van der Waals surface area contributed by atoms with E-state index < -0.39 is 11.9 Å². The second-order valence-corrected chi connectivity index (χ2v) is 6.90. The quantitative estimate of drug-likeness (QED) is 0.369. The summed E-state index contributed by atoms with van der Waals surface area (Å²) in [5, 5.41) is 0. The summed E-state index contributed by atoms with van der Waals surface area (Å²) in [6.45, 7) is 6.05. The third-order valence-electron chi connectivity index (χ3n) is 5.03. The van der Waals surface area contributed by atoms with Crippen LogP contribution in [-0.2, 0) is 19.3 Å². The van der Waals surface area contributed by atoms with Crippen LogP contribution in [0.5, 0.6) is 11.5 Å². The van der Waals surface area contributed by atoms with Crippen molar-refractivity contribution in [3.63, 3.8) is 0 Å². The molecule has 154 valence electrons. The van der Waals surface area contributed by atoms with E-state index in [0.717, 1.165) is 23.1 Å². The van der Waals surface area contributed by atoms with Gasteiger partial charge in [0.05, 0.1) is 11.1 Å². The van der Waals surface area contributed by atoms with Crippen LogP contribution in [0.4, 0.5) is 0 Å². The molecule has 0 saturated heterocycles. The molecule has 0 amide bonds. The smallest absolute Gasteiger partial charge is 0.343 e. The fraction of sp³-hybridized carbons (Fsp3) is 0.231. The summed E-state index contributed by atoms with van der Waals surface area (Å²) in [5.41, 5.74) is 3.70. The van der Waals surface area contributed by atoms with Crippen LogP contribution in [0.1, 0.15) is 58.2 Å². The molecule has 0 unspecified atom stereocenters. The second kappa shape index (κ2) is 9.88. The van der Waals surface area contributed by atoms with Crippen LogP contribution in [0.15, 0.2) is 66.7 Å². The van der Waals surface area contributed by atoms with Gasteiger partial charge in [-0.05, 0) is 54.7 Å². The molecule has 3 aromatic rings. The van der Waals surface area contributed by atoms with Gasteiger partial charge in [0.25, 0.3) is 0 Å². The molecule has 4 heteroatoms. The lowest BCUT2D eigenvalue weighted by Gasteiger charge is -2.20. The fourth-order valence-corrected chi connectivity index (χ4v) is 3.43. The molecule has 0 aliphatic heterocycles. The van der Waals surface area contributed by atoms with Gasteiger partial charge in [0.2, 0.25) is 0 Å². The van der Waals surface area contributed by atoms with E-state index in [1.54, 1.807) is 48.5 Å². The Bertz CT molecular complexity index is 1020. The molecule has 4 nitrogen and oxygen atoms in total. The van der Waals surface area contributed by atoms with Crippen LogP contribution < -0.4 is 9.47 Å². The zero-order valence-electron chi connectivity index (χ0n) is 17.6. The fourth-order valence-electron chi connectivity index (χ4n) is 3.43. The first-order valence-electron chi connectivity index (χ1n) is 10.3. The Morgan fingerprint density at radius 2 is 1.10 bits per heavy atom. The second-order valence-electron chi connectivity index (χ2n) is 6.90. The average Bonchev–Trinajstić information content (AvgIpc) is 2.80. The van der Waals surface area contributed by atoms with E-state index in [1.807, 2.05) is 32.0 Å². The number of carbonyl (C=O) groups excluding carboxylic acids is 2. The highest BCUT2D eigenvalue weighted by atomic mass is 16.6. The highest BCUT2D eigenvalue weighted by Crippen LogP contribution is 2.39. The predicted octanol–water partition coefficient (Wildman–Crippen LogP) is 5.81. The zero-order chi connectivity index (χ0) is 21.5. The number of esters is 2. The molecular formula is C26H26O4. The average molecular weight is 402 g/mol. The summed E-state index contributed by atoms with van der Waals surface area (Å²) in [6.07, 6.45) is 2.09. The molecule has 30 heavy (non-hydrogen) atoms. The molecule has 0 aliphatic carbocycles. The van der Waals surface area contributed by atoms with Crippen molar-refractivity contribution in [1.29, 1.82) is 0 Å². The Kier molecular flexibility index (Phi) is 7.02. The predicted molar refractivity (Wildman–Crippen MR) is 117 cm³/mol. The SMILES string of the molecule is CCc1cc(CC)c(OC(=O)c2ccccc2)c(OC(=O)c2ccccc2)c1CC. The molecule has 0 fully saturated rings. The topological polar surface area (TPSA) is 52.6 Å².